The number of aromatic nitrogens is 3. The molecule has 3 fully saturated rings. The number of piperidine rings is 2. The molecular weight excluding hydrogens is 635 g/mol. The van der Waals surface area contributed by atoms with Crippen molar-refractivity contribution in [2.45, 2.75) is 57.8 Å². The summed E-state index contributed by atoms with van der Waals surface area (Å²) in [7, 11) is 0. The van der Waals surface area contributed by atoms with Crippen molar-refractivity contribution in [1.82, 2.24) is 19.9 Å². The van der Waals surface area contributed by atoms with Crippen LogP contribution < -0.4 is 15.1 Å². The van der Waals surface area contributed by atoms with E-state index in [2.05, 4.69) is 32.1 Å². The summed E-state index contributed by atoms with van der Waals surface area (Å²) in [4.78, 5) is 44.5. The van der Waals surface area contributed by atoms with Crippen LogP contribution in [0, 0.1) is 5.92 Å². The second kappa shape index (κ2) is 14.1. The zero-order chi connectivity index (χ0) is 33.1. The molecule has 1 amide bonds. The third-order valence-electron chi connectivity index (χ3n) is 9.17. The highest BCUT2D eigenvalue weighted by Gasteiger charge is 2.36. The standard InChI is InChI=1S/C32H38F3N7O4S/c1-20-4-2-3-9-42(20)19-26-28(22-5-6-25(23(16-22)32(33,34)35)40-12-14-46-15-13-40)38-31(47-26)39-29(43)24-17-37-27(18-36-24)41-10-7-21(8-11-41)30(44)45/h5-6,16-18,20-21H,2-4,7-15,19H2,1H3,(H,44,45)(H,38,39,43)/t20-/m1/s1. The maximum absolute atomic E-state index is 14.4. The topological polar surface area (TPSA) is 124 Å². The molecule has 2 N–H and O–H groups in total. The van der Waals surface area contributed by atoms with Gasteiger partial charge >= 0.3 is 12.1 Å². The number of hydrogen-bond donors (Lipinski definition) is 2. The van der Waals surface area contributed by atoms with Gasteiger partial charge < -0.3 is 19.6 Å². The van der Waals surface area contributed by atoms with E-state index >= 15 is 0 Å². The van der Waals surface area contributed by atoms with Crippen LogP contribution in [0.25, 0.3) is 11.3 Å². The summed E-state index contributed by atoms with van der Waals surface area (Å²) in [6.45, 7) is 6.07. The largest absolute Gasteiger partial charge is 0.481 e. The number of halogens is 3. The van der Waals surface area contributed by atoms with E-state index in [1.807, 2.05) is 4.90 Å². The van der Waals surface area contributed by atoms with Crippen LogP contribution in [0.3, 0.4) is 0 Å². The quantitative estimate of drug-likeness (QED) is 0.322. The van der Waals surface area contributed by atoms with Crippen molar-refractivity contribution in [2.24, 2.45) is 5.92 Å². The summed E-state index contributed by atoms with van der Waals surface area (Å²) in [6, 6.07) is 4.66. The molecule has 0 spiro atoms. The van der Waals surface area contributed by atoms with Gasteiger partial charge in [-0.3, -0.25) is 19.8 Å². The number of carbonyl (C=O) groups is 2. The lowest BCUT2D eigenvalue weighted by atomic mass is 9.97. The fourth-order valence-corrected chi connectivity index (χ4v) is 7.43. The zero-order valence-electron chi connectivity index (χ0n) is 26.1. The number of rotatable bonds is 8. The number of alkyl halides is 3. The first-order valence-electron chi connectivity index (χ1n) is 16.0. The van der Waals surface area contributed by atoms with Crippen molar-refractivity contribution in [1.29, 1.82) is 0 Å². The number of thiazole rings is 1. The van der Waals surface area contributed by atoms with Gasteiger partial charge in [-0.15, -0.1) is 0 Å². The number of ether oxygens (including phenoxy) is 1. The molecule has 0 radical (unpaired) electrons. The van der Waals surface area contributed by atoms with Gasteiger partial charge in [0.1, 0.15) is 11.5 Å². The van der Waals surface area contributed by atoms with E-state index in [1.54, 1.807) is 11.0 Å². The molecule has 1 aromatic carbocycles. The van der Waals surface area contributed by atoms with E-state index < -0.39 is 23.6 Å². The number of aliphatic carboxylic acids is 1. The van der Waals surface area contributed by atoms with Crippen LogP contribution in [0.5, 0.6) is 0 Å². The van der Waals surface area contributed by atoms with E-state index in [9.17, 15) is 27.9 Å². The van der Waals surface area contributed by atoms with Gasteiger partial charge in [0.05, 0.1) is 42.8 Å². The number of hydrogen-bond acceptors (Lipinski definition) is 10. The first-order valence-corrected chi connectivity index (χ1v) is 16.8. The molecule has 6 rings (SSSR count). The van der Waals surface area contributed by atoms with Gasteiger partial charge in [0.25, 0.3) is 5.91 Å². The minimum atomic E-state index is -4.57. The zero-order valence-corrected chi connectivity index (χ0v) is 26.9. The predicted octanol–water partition coefficient (Wildman–Crippen LogP) is 5.38. The molecule has 3 aliphatic rings. The van der Waals surface area contributed by atoms with Crippen molar-refractivity contribution in [2.75, 3.05) is 61.1 Å². The van der Waals surface area contributed by atoms with Crippen LogP contribution in [0.1, 0.15) is 60.0 Å². The van der Waals surface area contributed by atoms with Crippen LogP contribution in [-0.2, 0) is 22.3 Å². The molecule has 3 aromatic rings. The summed E-state index contributed by atoms with van der Waals surface area (Å²) in [5, 5.41) is 12.3. The Morgan fingerprint density at radius 1 is 1.02 bits per heavy atom. The molecular formula is C32H38F3N7O4S. The summed E-state index contributed by atoms with van der Waals surface area (Å²) < 4.78 is 48.6. The van der Waals surface area contributed by atoms with E-state index in [1.165, 1.54) is 29.8 Å². The van der Waals surface area contributed by atoms with Crippen molar-refractivity contribution in [3.05, 3.63) is 46.7 Å². The smallest absolute Gasteiger partial charge is 0.418 e. The average Bonchev–Trinajstić information content (AvgIpc) is 3.47. The number of anilines is 3. The molecule has 3 saturated heterocycles. The maximum atomic E-state index is 14.4. The molecule has 11 nitrogen and oxygen atoms in total. The monoisotopic (exact) mass is 673 g/mol. The Hall–Kier alpha value is -3.82. The van der Waals surface area contributed by atoms with Crippen molar-refractivity contribution >= 4 is 39.9 Å². The summed E-state index contributed by atoms with van der Waals surface area (Å²) in [5.74, 6) is -1.16. The van der Waals surface area contributed by atoms with Crippen molar-refractivity contribution in [3.8, 4) is 11.3 Å². The molecule has 1 atom stereocenters. The number of nitrogens with zero attached hydrogens (tertiary/aromatic N) is 6. The molecule has 47 heavy (non-hydrogen) atoms. The summed E-state index contributed by atoms with van der Waals surface area (Å²) >= 11 is 1.25. The Labute approximate surface area is 274 Å². The van der Waals surface area contributed by atoms with Gasteiger partial charge in [-0.25, -0.2) is 15.0 Å². The number of benzene rings is 1. The molecule has 5 heterocycles. The molecule has 0 saturated carbocycles. The number of likely N-dealkylation sites (tertiary alicyclic amines) is 1. The first-order chi connectivity index (χ1) is 22.6. The van der Waals surface area contributed by atoms with Crippen LogP contribution >= 0.6 is 11.3 Å². The predicted molar refractivity (Wildman–Crippen MR) is 172 cm³/mol. The Morgan fingerprint density at radius 2 is 1.79 bits per heavy atom. The lowest BCUT2D eigenvalue weighted by Crippen LogP contribution is -2.37. The molecule has 3 aliphatic heterocycles. The lowest BCUT2D eigenvalue weighted by Gasteiger charge is -2.33. The SMILES string of the molecule is C[C@@H]1CCCCN1Cc1sc(NC(=O)c2cnc(N3CCC(C(=O)O)CC3)cn2)nc1-c1ccc(N2CCOCC2)c(C(F)(F)F)c1. The second-order valence-corrected chi connectivity index (χ2v) is 13.3. The van der Waals surface area contributed by atoms with Gasteiger partial charge in [0.2, 0.25) is 0 Å². The van der Waals surface area contributed by atoms with Crippen LogP contribution in [0.4, 0.5) is 29.8 Å². The Morgan fingerprint density at radius 3 is 2.45 bits per heavy atom. The highest BCUT2D eigenvalue weighted by molar-refractivity contribution is 7.16. The molecule has 2 aromatic heterocycles. The highest BCUT2D eigenvalue weighted by atomic mass is 32.1. The van der Waals surface area contributed by atoms with Crippen molar-refractivity contribution < 1.29 is 32.6 Å². The van der Waals surface area contributed by atoms with Gasteiger partial charge in [-0.2, -0.15) is 13.2 Å². The summed E-state index contributed by atoms with van der Waals surface area (Å²) in [6.07, 6.45) is 2.49. The van der Waals surface area contributed by atoms with E-state index in [-0.39, 0.29) is 22.4 Å². The number of amides is 1. The van der Waals surface area contributed by atoms with Crippen LogP contribution in [0.15, 0.2) is 30.6 Å². The van der Waals surface area contributed by atoms with E-state index in [4.69, 9.17) is 4.74 Å². The summed E-state index contributed by atoms with van der Waals surface area (Å²) in [5.41, 5.74) is 0.198. The number of morpholine rings is 1. The highest BCUT2D eigenvalue weighted by Crippen LogP contribution is 2.41. The van der Waals surface area contributed by atoms with Crippen LogP contribution in [0.2, 0.25) is 0 Å². The molecule has 15 heteroatoms. The normalized spacial score (nSPS) is 20.0. The average molecular weight is 674 g/mol. The Bertz CT molecular complexity index is 1570. The minimum Gasteiger partial charge on any atom is -0.481 e. The number of carbonyl (C=O) groups excluding carboxylic acids is 1. The molecule has 252 valence electrons. The third kappa shape index (κ3) is 7.68. The van der Waals surface area contributed by atoms with E-state index in [0.29, 0.717) is 81.9 Å². The third-order valence-corrected chi connectivity index (χ3v) is 10.1. The van der Waals surface area contributed by atoms with Gasteiger partial charge in [-0.1, -0.05) is 23.8 Å². The van der Waals surface area contributed by atoms with Crippen molar-refractivity contribution in [3.63, 3.8) is 0 Å². The van der Waals surface area contributed by atoms with Gasteiger partial charge in [0, 0.05) is 54.9 Å². The number of nitrogens with one attached hydrogen (secondary N) is 1. The fraction of sp³-hybridized carbons (Fsp3) is 0.531. The number of carboxylic acids is 1. The lowest BCUT2D eigenvalue weighted by molar-refractivity contribution is -0.142. The second-order valence-electron chi connectivity index (χ2n) is 12.2. The van der Waals surface area contributed by atoms with Crippen LogP contribution in [-0.4, -0.2) is 88.8 Å². The van der Waals surface area contributed by atoms with Gasteiger partial charge in [-0.05, 0) is 51.3 Å². The maximum Gasteiger partial charge on any atom is 0.418 e. The molecule has 0 aliphatic carbocycles. The van der Waals surface area contributed by atoms with Gasteiger partial charge in [0.15, 0.2) is 5.13 Å². The fourth-order valence-electron chi connectivity index (χ4n) is 6.42. The first kappa shape index (κ1) is 33.1. The van der Waals surface area contributed by atoms with E-state index in [0.717, 1.165) is 36.8 Å². The Kier molecular flexibility index (Phi) is 9.94. The number of carboxylic acid groups (broad SMARTS) is 1. The molecule has 0 unspecified atom stereocenters. The molecule has 0 bridgehead atoms. The minimum absolute atomic E-state index is 0.0614. The Balaban J connectivity index is 1.25.